The van der Waals surface area contributed by atoms with E-state index in [1.807, 2.05) is 0 Å². The maximum Gasteiger partial charge on any atom is -0.0290 e. The Kier molecular flexibility index (Phi) is 3.85. The lowest BCUT2D eigenvalue weighted by Gasteiger charge is -2.27. The topological polar surface area (TPSA) is 0 Å². The normalized spacial score (nSPS) is 35.2. The van der Waals surface area contributed by atoms with Crippen LogP contribution in [0.4, 0.5) is 0 Å². The summed E-state index contributed by atoms with van der Waals surface area (Å²) in [7, 11) is 2.92. The third-order valence-electron chi connectivity index (χ3n) is 2.75. The molecule has 1 aliphatic carbocycles. The van der Waals surface area contributed by atoms with Gasteiger partial charge in [0.2, 0.25) is 0 Å². The summed E-state index contributed by atoms with van der Waals surface area (Å²) in [5, 5.41) is 0. The maximum absolute atomic E-state index is 2.92. The molecule has 0 heterocycles. The van der Waals surface area contributed by atoms with Gasteiger partial charge in [0.15, 0.2) is 0 Å². The molecule has 0 saturated heterocycles. The molecule has 0 aromatic heterocycles. The van der Waals surface area contributed by atoms with Crippen molar-refractivity contribution in [1.29, 1.82) is 0 Å². The van der Waals surface area contributed by atoms with E-state index in [4.69, 9.17) is 0 Å². The highest BCUT2D eigenvalue weighted by Crippen LogP contribution is 2.32. The molecule has 0 aromatic rings. The third kappa shape index (κ3) is 3.56. The fourth-order valence-electron chi connectivity index (χ4n) is 2.30. The van der Waals surface area contributed by atoms with Crippen LogP contribution in [0.15, 0.2) is 0 Å². The number of hydrogen-bond acceptors (Lipinski definition) is 0. The van der Waals surface area contributed by atoms with E-state index in [1.165, 1.54) is 32.1 Å². The van der Waals surface area contributed by atoms with Crippen LogP contribution in [-0.2, 0) is 0 Å². The number of hydrogen-bond donors (Lipinski definition) is 0. The zero-order chi connectivity index (χ0) is 8.27. The molecule has 4 unspecified atom stereocenters. The van der Waals surface area contributed by atoms with Crippen molar-refractivity contribution in [3.63, 3.8) is 0 Å². The Morgan fingerprint density at radius 2 is 2.18 bits per heavy atom. The molecule has 0 bridgehead atoms. The molecule has 1 heteroatoms. The van der Waals surface area contributed by atoms with Gasteiger partial charge >= 0.3 is 0 Å². The molecule has 0 nitrogen and oxygen atoms in total. The highest BCUT2D eigenvalue weighted by Gasteiger charge is 2.19. The summed E-state index contributed by atoms with van der Waals surface area (Å²) in [5.74, 6) is 2.03. The van der Waals surface area contributed by atoms with Gasteiger partial charge in [-0.25, -0.2) is 0 Å². The molecule has 0 aromatic carbocycles. The lowest BCUT2D eigenvalue weighted by molar-refractivity contribution is 0.270. The van der Waals surface area contributed by atoms with Crippen molar-refractivity contribution in [3.05, 3.63) is 0 Å². The first-order chi connectivity index (χ1) is 5.18. The predicted molar refractivity (Wildman–Crippen MR) is 54.9 cm³/mol. The summed E-state index contributed by atoms with van der Waals surface area (Å²) >= 11 is 0. The summed E-state index contributed by atoms with van der Waals surface area (Å²) in [6.45, 7) is 4.71. The van der Waals surface area contributed by atoms with Gasteiger partial charge < -0.3 is 0 Å². The minimum atomic E-state index is 0.824. The second-order valence-corrected chi connectivity index (χ2v) is 5.49. The molecule has 0 spiro atoms. The van der Waals surface area contributed by atoms with E-state index < -0.39 is 0 Å². The summed E-state index contributed by atoms with van der Waals surface area (Å²) in [5.41, 5.74) is 0.824. The van der Waals surface area contributed by atoms with Crippen LogP contribution in [0.5, 0.6) is 0 Å². The van der Waals surface area contributed by atoms with E-state index in [1.54, 1.807) is 0 Å². The smallest absolute Gasteiger partial charge is 0.0290 e. The molecule has 1 fully saturated rings. The molecule has 1 saturated carbocycles. The van der Waals surface area contributed by atoms with Crippen molar-refractivity contribution in [3.8, 4) is 0 Å². The Morgan fingerprint density at radius 1 is 1.45 bits per heavy atom. The van der Waals surface area contributed by atoms with Crippen LogP contribution in [0.25, 0.3) is 0 Å². The Morgan fingerprint density at radius 3 is 2.73 bits per heavy atom. The summed E-state index contributed by atoms with van der Waals surface area (Å²) < 4.78 is 0. The van der Waals surface area contributed by atoms with Gasteiger partial charge in [-0.15, -0.1) is 9.24 Å². The van der Waals surface area contributed by atoms with Crippen LogP contribution in [0, 0.1) is 11.8 Å². The van der Waals surface area contributed by atoms with E-state index in [0.717, 1.165) is 17.5 Å². The van der Waals surface area contributed by atoms with Crippen LogP contribution < -0.4 is 0 Å². The zero-order valence-corrected chi connectivity index (χ0v) is 9.00. The second kappa shape index (κ2) is 4.45. The first-order valence-electron chi connectivity index (χ1n) is 4.94. The molecule has 1 aliphatic rings. The third-order valence-corrected chi connectivity index (χ3v) is 3.02. The van der Waals surface area contributed by atoms with Crippen LogP contribution in [0.1, 0.15) is 46.0 Å². The highest BCUT2D eigenvalue weighted by molar-refractivity contribution is 7.17. The first kappa shape index (κ1) is 9.52. The molecule has 66 valence electrons. The molecular formula is C10H21P. The fourth-order valence-corrected chi connectivity index (χ4v) is 2.68. The molecular weight excluding hydrogens is 151 g/mol. The van der Waals surface area contributed by atoms with Gasteiger partial charge in [0.25, 0.3) is 0 Å². The van der Waals surface area contributed by atoms with Crippen molar-refractivity contribution in [1.82, 2.24) is 0 Å². The van der Waals surface area contributed by atoms with Crippen LogP contribution in [0.2, 0.25) is 0 Å². The standard InChI is InChI=1S/C10H21P/c1-8-4-3-5-10(6-8)7-9(2)11/h8-10H,3-7,11H2,1-2H3. The maximum atomic E-state index is 2.92. The molecule has 0 radical (unpaired) electrons. The molecule has 0 aliphatic heterocycles. The lowest BCUT2D eigenvalue weighted by atomic mass is 9.80. The van der Waals surface area contributed by atoms with Crippen LogP contribution in [0.3, 0.4) is 0 Å². The summed E-state index contributed by atoms with van der Waals surface area (Å²) in [6, 6.07) is 0. The van der Waals surface area contributed by atoms with Gasteiger partial charge in [-0.3, -0.25) is 0 Å². The first-order valence-corrected chi connectivity index (χ1v) is 5.60. The van der Waals surface area contributed by atoms with Gasteiger partial charge in [0.1, 0.15) is 0 Å². The van der Waals surface area contributed by atoms with Gasteiger partial charge in [0, 0.05) is 0 Å². The zero-order valence-electron chi connectivity index (χ0n) is 7.84. The van der Waals surface area contributed by atoms with Crippen molar-refractivity contribution >= 4 is 9.24 Å². The van der Waals surface area contributed by atoms with Crippen molar-refractivity contribution in [2.75, 3.05) is 0 Å². The number of rotatable bonds is 2. The molecule has 4 atom stereocenters. The highest BCUT2D eigenvalue weighted by atomic mass is 31.0. The molecule has 0 N–H and O–H groups in total. The monoisotopic (exact) mass is 172 g/mol. The Labute approximate surface area is 73.3 Å². The molecule has 1 rings (SSSR count). The fraction of sp³-hybridized carbons (Fsp3) is 1.00. The Balaban J connectivity index is 2.23. The minimum absolute atomic E-state index is 0.824. The quantitative estimate of drug-likeness (QED) is 0.559. The van der Waals surface area contributed by atoms with E-state index in [2.05, 4.69) is 23.1 Å². The van der Waals surface area contributed by atoms with Gasteiger partial charge in [0.05, 0.1) is 0 Å². The van der Waals surface area contributed by atoms with Crippen molar-refractivity contribution in [2.45, 2.75) is 51.6 Å². The van der Waals surface area contributed by atoms with Crippen LogP contribution in [-0.4, -0.2) is 5.66 Å². The Bertz CT molecular complexity index is 107. The van der Waals surface area contributed by atoms with E-state index in [9.17, 15) is 0 Å². The van der Waals surface area contributed by atoms with E-state index >= 15 is 0 Å². The molecule has 11 heavy (non-hydrogen) atoms. The summed E-state index contributed by atoms with van der Waals surface area (Å²) in [6.07, 6.45) is 7.35. The van der Waals surface area contributed by atoms with Gasteiger partial charge in [-0.2, -0.15) is 0 Å². The SMILES string of the molecule is CC(P)CC1CCCC(C)C1. The molecule has 0 amide bonds. The van der Waals surface area contributed by atoms with Crippen molar-refractivity contribution in [2.24, 2.45) is 11.8 Å². The van der Waals surface area contributed by atoms with E-state index in [-0.39, 0.29) is 0 Å². The van der Waals surface area contributed by atoms with Gasteiger partial charge in [-0.1, -0.05) is 33.1 Å². The largest absolute Gasteiger partial charge is 0.135 e. The van der Waals surface area contributed by atoms with E-state index in [0.29, 0.717) is 0 Å². The van der Waals surface area contributed by atoms with Crippen molar-refractivity contribution < 1.29 is 0 Å². The predicted octanol–water partition coefficient (Wildman–Crippen LogP) is 3.47. The van der Waals surface area contributed by atoms with Crippen LogP contribution >= 0.6 is 9.24 Å². The minimum Gasteiger partial charge on any atom is -0.135 e. The average molecular weight is 172 g/mol. The summed E-state index contributed by atoms with van der Waals surface area (Å²) in [4.78, 5) is 0. The lowest BCUT2D eigenvalue weighted by Crippen LogP contribution is -2.15. The second-order valence-electron chi connectivity index (χ2n) is 4.35. The Hall–Kier alpha value is 0.430. The average Bonchev–Trinajstić information content (AvgIpc) is 1.85. The van der Waals surface area contributed by atoms with Gasteiger partial charge in [-0.05, 0) is 30.3 Å².